The van der Waals surface area contributed by atoms with E-state index in [1.54, 1.807) is 12.4 Å². The SMILES string of the molecule is CC(C)n1ncc2cc(NC(=O)C3CCCN3)cnc21. The number of hydrogen-bond donors (Lipinski definition) is 2. The third-order valence-corrected chi connectivity index (χ3v) is 3.57. The molecule has 106 valence electrons. The molecule has 0 bridgehead atoms. The van der Waals surface area contributed by atoms with Crippen LogP contribution in [0.2, 0.25) is 0 Å². The lowest BCUT2D eigenvalue weighted by Gasteiger charge is -2.11. The number of amides is 1. The summed E-state index contributed by atoms with van der Waals surface area (Å²) < 4.78 is 1.87. The molecule has 20 heavy (non-hydrogen) atoms. The monoisotopic (exact) mass is 273 g/mol. The number of aromatic nitrogens is 3. The van der Waals surface area contributed by atoms with Crippen molar-refractivity contribution in [1.29, 1.82) is 0 Å². The van der Waals surface area contributed by atoms with Crippen LogP contribution < -0.4 is 10.6 Å². The zero-order valence-electron chi connectivity index (χ0n) is 11.8. The number of nitrogens with zero attached hydrogens (tertiary/aromatic N) is 3. The number of fused-ring (bicyclic) bond motifs is 1. The van der Waals surface area contributed by atoms with Crippen LogP contribution in [0.3, 0.4) is 0 Å². The zero-order chi connectivity index (χ0) is 14.1. The molecule has 0 spiro atoms. The molecule has 1 saturated heterocycles. The Bertz CT molecular complexity index is 628. The Kier molecular flexibility index (Phi) is 3.40. The molecule has 1 aliphatic heterocycles. The van der Waals surface area contributed by atoms with E-state index in [1.807, 2.05) is 10.7 Å². The summed E-state index contributed by atoms with van der Waals surface area (Å²) in [5.74, 6) is 0.0138. The van der Waals surface area contributed by atoms with Gasteiger partial charge in [0.1, 0.15) is 0 Å². The van der Waals surface area contributed by atoms with Crippen molar-refractivity contribution in [2.24, 2.45) is 0 Å². The fraction of sp³-hybridized carbons (Fsp3) is 0.500. The predicted molar refractivity (Wildman–Crippen MR) is 77.6 cm³/mol. The van der Waals surface area contributed by atoms with Crippen molar-refractivity contribution in [2.75, 3.05) is 11.9 Å². The van der Waals surface area contributed by atoms with E-state index in [0.29, 0.717) is 0 Å². The summed E-state index contributed by atoms with van der Waals surface area (Å²) in [7, 11) is 0. The molecule has 0 aliphatic carbocycles. The quantitative estimate of drug-likeness (QED) is 0.893. The molecule has 0 radical (unpaired) electrons. The van der Waals surface area contributed by atoms with E-state index in [1.165, 1.54) is 0 Å². The van der Waals surface area contributed by atoms with Crippen molar-refractivity contribution in [1.82, 2.24) is 20.1 Å². The Morgan fingerprint density at radius 1 is 1.50 bits per heavy atom. The van der Waals surface area contributed by atoms with Crippen LogP contribution in [0.5, 0.6) is 0 Å². The van der Waals surface area contributed by atoms with E-state index in [0.717, 1.165) is 36.1 Å². The number of carbonyl (C=O) groups excluding carboxylic acids is 1. The van der Waals surface area contributed by atoms with Crippen molar-refractivity contribution in [2.45, 2.75) is 38.8 Å². The van der Waals surface area contributed by atoms with E-state index < -0.39 is 0 Å². The van der Waals surface area contributed by atoms with Gasteiger partial charge in [-0.15, -0.1) is 0 Å². The minimum atomic E-state index is -0.0796. The van der Waals surface area contributed by atoms with Gasteiger partial charge < -0.3 is 10.6 Å². The highest BCUT2D eigenvalue weighted by Crippen LogP contribution is 2.19. The van der Waals surface area contributed by atoms with Gasteiger partial charge in [0.25, 0.3) is 0 Å². The highest BCUT2D eigenvalue weighted by Gasteiger charge is 2.22. The highest BCUT2D eigenvalue weighted by molar-refractivity contribution is 5.96. The summed E-state index contributed by atoms with van der Waals surface area (Å²) in [5.41, 5.74) is 1.57. The molecule has 6 nitrogen and oxygen atoms in total. The predicted octanol–water partition coefficient (Wildman–Crippen LogP) is 1.70. The van der Waals surface area contributed by atoms with Crippen molar-refractivity contribution >= 4 is 22.6 Å². The lowest BCUT2D eigenvalue weighted by atomic mass is 10.2. The van der Waals surface area contributed by atoms with Gasteiger partial charge in [-0.05, 0) is 39.3 Å². The first kappa shape index (κ1) is 13.1. The van der Waals surface area contributed by atoms with Gasteiger partial charge in [-0.3, -0.25) is 4.79 Å². The molecule has 3 rings (SSSR count). The Balaban J connectivity index is 1.80. The lowest BCUT2D eigenvalue weighted by molar-refractivity contribution is -0.117. The molecule has 2 N–H and O–H groups in total. The zero-order valence-corrected chi connectivity index (χ0v) is 11.8. The average molecular weight is 273 g/mol. The number of pyridine rings is 1. The van der Waals surface area contributed by atoms with Gasteiger partial charge in [-0.2, -0.15) is 5.10 Å². The van der Waals surface area contributed by atoms with Crippen molar-refractivity contribution in [3.05, 3.63) is 18.5 Å². The maximum Gasteiger partial charge on any atom is 0.241 e. The maximum absolute atomic E-state index is 12.0. The molecule has 1 unspecified atom stereocenters. The minimum absolute atomic E-state index is 0.0138. The summed E-state index contributed by atoms with van der Waals surface area (Å²) in [4.78, 5) is 16.4. The number of hydrogen-bond acceptors (Lipinski definition) is 4. The second kappa shape index (κ2) is 5.20. The first-order valence-corrected chi connectivity index (χ1v) is 7.02. The van der Waals surface area contributed by atoms with Crippen LogP contribution >= 0.6 is 0 Å². The molecule has 1 fully saturated rings. The van der Waals surface area contributed by atoms with Crippen molar-refractivity contribution < 1.29 is 4.79 Å². The number of anilines is 1. The Morgan fingerprint density at radius 2 is 2.35 bits per heavy atom. The summed E-state index contributed by atoms with van der Waals surface area (Å²) in [5, 5.41) is 11.4. The van der Waals surface area contributed by atoms with Crippen LogP contribution in [0.25, 0.3) is 11.0 Å². The third-order valence-electron chi connectivity index (χ3n) is 3.57. The summed E-state index contributed by atoms with van der Waals surface area (Å²) in [6, 6.07) is 2.10. The van der Waals surface area contributed by atoms with Crippen LogP contribution in [-0.2, 0) is 4.79 Å². The van der Waals surface area contributed by atoms with E-state index in [2.05, 4.69) is 34.6 Å². The van der Waals surface area contributed by atoms with Gasteiger partial charge in [0.2, 0.25) is 5.91 Å². The highest BCUT2D eigenvalue weighted by atomic mass is 16.2. The van der Waals surface area contributed by atoms with Crippen LogP contribution in [-0.4, -0.2) is 33.3 Å². The van der Waals surface area contributed by atoms with Crippen molar-refractivity contribution in [3.63, 3.8) is 0 Å². The topological polar surface area (TPSA) is 71.8 Å². The van der Waals surface area contributed by atoms with E-state index >= 15 is 0 Å². The molecule has 1 amide bonds. The fourth-order valence-electron chi connectivity index (χ4n) is 2.52. The molecule has 0 saturated carbocycles. The fourth-order valence-corrected chi connectivity index (χ4v) is 2.52. The molecule has 2 aromatic heterocycles. The number of rotatable bonds is 3. The molecule has 6 heteroatoms. The summed E-state index contributed by atoms with van der Waals surface area (Å²) in [6.07, 6.45) is 5.42. The van der Waals surface area contributed by atoms with Crippen LogP contribution in [0.15, 0.2) is 18.5 Å². The third kappa shape index (κ3) is 2.38. The normalized spacial score (nSPS) is 18.9. The minimum Gasteiger partial charge on any atom is -0.323 e. The molecule has 1 aliphatic rings. The number of carbonyl (C=O) groups is 1. The average Bonchev–Trinajstić information content (AvgIpc) is 3.07. The van der Waals surface area contributed by atoms with E-state index in [4.69, 9.17) is 0 Å². The van der Waals surface area contributed by atoms with Gasteiger partial charge >= 0.3 is 0 Å². The van der Waals surface area contributed by atoms with Gasteiger partial charge in [-0.25, -0.2) is 9.67 Å². The van der Waals surface area contributed by atoms with Crippen LogP contribution in [0.1, 0.15) is 32.7 Å². The number of nitrogens with one attached hydrogen (secondary N) is 2. The molecule has 2 aromatic rings. The van der Waals surface area contributed by atoms with Crippen molar-refractivity contribution in [3.8, 4) is 0 Å². The summed E-state index contributed by atoms with van der Waals surface area (Å²) >= 11 is 0. The van der Waals surface area contributed by atoms with E-state index in [-0.39, 0.29) is 18.0 Å². The first-order chi connectivity index (χ1) is 9.65. The molecule has 1 atom stereocenters. The summed E-state index contributed by atoms with van der Waals surface area (Å²) in [6.45, 7) is 5.04. The largest absolute Gasteiger partial charge is 0.323 e. The molecular formula is C14H19N5O. The van der Waals surface area contributed by atoms with Crippen LogP contribution in [0, 0.1) is 0 Å². The van der Waals surface area contributed by atoms with Gasteiger partial charge in [0, 0.05) is 11.4 Å². The lowest BCUT2D eigenvalue weighted by Crippen LogP contribution is -2.35. The Labute approximate surface area is 117 Å². The smallest absolute Gasteiger partial charge is 0.241 e. The second-order valence-corrected chi connectivity index (χ2v) is 5.46. The first-order valence-electron chi connectivity index (χ1n) is 7.02. The van der Waals surface area contributed by atoms with Crippen LogP contribution in [0.4, 0.5) is 5.69 Å². The maximum atomic E-state index is 12.0. The Morgan fingerprint density at radius 3 is 3.05 bits per heavy atom. The second-order valence-electron chi connectivity index (χ2n) is 5.46. The molecule has 0 aromatic carbocycles. The van der Waals surface area contributed by atoms with Gasteiger partial charge in [0.05, 0.1) is 24.1 Å². The molecular weight excluding hydrogens is 254 g/mol. The van der Waals surface area contributed by atoms with Gasteiger partial charge in [0.15, 0.2) is 5.65 Å². The Hall–Kier alpha value is -1.95. The van der Waals surface area contributed by atoms with E-state index in [9.17, 15) is 4.79 Å². The standard InChI is InChI=1S/C14H19N5O/c1-9(2)19-13-10(7-17-19)6-11(8-16-13)18-14(20)12-4-3-5-15-12/h6-9,12,15H,3-5H2,1-2H3,(H,18,20). The van der Waals surface area contributed by atoms with Gasteiger partial charge in [-0.1, -0.05) is 0 Å². The molecule has 3 heterocycles.